The molecular formula is C26H26ClN3O. The van der Waals surface area contributed by atoms with Gasteiger partial charge in [-0.3, -0.25) is 14.7 Å². The predicted octanol–water partition coefficient (Wildman–Crippen LogP) is 4.97. The van der Waals surface area contributed by atoms with Crippen LogP contribution in [-0.4, -0.2) is 39.3 Å². The van der Waals surface area contributed by atoms with Gasteiger partial charge in [0, 0.05) is 48.2 Å². The van der Waals surface area contributed by atoms with Crippen molar-refractivity contribution in [1.29, 1.82) is 0 Å². The van der Waals surface area contributed by atoms with Gasteiger partial charge in [0.05, 0.1) is 0 Å². The molecule has 1 aromatic heterocycles. The van der Waals surface area contributed by atoms with Crippen molar-refractivity contribution in [3.05, 3.63) is 100 Å². The molecule has 2 aromatic carbocycles. The minimum atomic E-state index is -0.0654. The molecular weight excluding hydrogens is 406 g/mol. The molecule has 1 saturated heterocycles. The van der Waals surface area contributed by atoms with Crippen molar-refractivity contribution in [3.63, 3.8) is 0 Å². The van der Waals surface area contributed by atoms with Crippen molar-refractivity contribution in [2.75, 3.05) is 13.1 Å². The fourth-order valence-corrected chi connectivity index (χ4v) is 5.38. The number of amides is 1. The second-order valence-corrected chi connectivity index (χ2v) is 9.16. The molecule has 0 saturated carbocycles. The number of aromatic nitrogens is 1. The minimum Gasteiger partial charge on any atom is -0.332 e. The summed E-state index contributed by atoms with van der Waals surface area (Å²) in [7, 11) is 0. The third kappa shape index (κ3) is 4.10. The van der Waals surface area contributed by atoms with Crippen LogP contribution in [-0.2, 0) is 19.5 Å². The molecule has 1 fully saturated rings. The smallest absolute Gasteiger partial charge is 0.254 e. The minimum absolute atomic E-state index is 0.0503. The number of carbonyl (C=O) groups excluding carboxylic acids is 1. The molecule has 2 aliphatic rings. The average molecular weight is 432 g/mol. The number of hydrogen-bond acceptors (Lipinski definition) is 3. The lowest BCUT2D eigenvalue weighted by atomic mass is 9.87. The van der Waals surface area contributed by atoms with Gasteiger partial charge in [-0.25, -0.2) is 0 Å². The van der Waals surface area contributed by atoms with Gasteiger partial charge < -0.3 is 4.90 Å². The molecule has 1 atom stereocenters. The van der Waals surface area contributed by atoms with Crippen LogP contribution in [0.2, 0.25) is 5.02 Å². The molecule has 0 N–H and O–H groups in total. The number of hydrogen-bond donors (Lipinski definition) is 0. The molecule has 1 amide bonds. The number of fused-ring (bicyclic) bond motifs is 1. The molecule has 5 heteroatoms. The number of nitrogens with zero attached hydrogens (tertiary/aromatic N) is 3. The highest BCUT2D eigenvalue weighted by molar-refractivity contribution is 6.30. The van der Waals surface area contributed by atoms with Crippen LogP contribution in [0.4, 0.5) is 0 Å². The lowest BCUT2D eigenvalue weighted by Crippen LogP contribution is -2.53. The largest absolute Gasteiger partial charge is 0.332 e. The Bertz CT molecular complexity index is 1090. The van der Waals surface area contributed by atoms with Gasteiger partial charge in [-0.1, -0.05) is 41.9 Å². The second-order valence-electron chi connectivity index (χ2n) is 8.72. The van der Waals surface area contributed by atoms with E-state index in [1.54, 1.807) is 6.07 Å². The fraction of sp³-hybridized carbons (Fsp3) is 0.308. The van der Waals surface area contributed by atoms with E-state index in [-0.39, 0.29) is 11.4 Å². The van der Waals surface area contributed by atoms with E-state index in [2.05, 4.69) is 46.3 Å². The first-order valence-corrected chi connectivity index (χ1v) is 11.3. The Morgan fingerprint density at radius 3 is 2.65 bits per heavy atom. The lowest BCUT2D eigenvalue weighted by Gasteiger charge is -2.41. The Balaban J connectivity index is 1.51. The Hall–Kier alpha value is -2.69. The maximum atomic E-state index is 13.6. The molecule has 0 aliphatic carbocycles. The van der Waals surface area contributed by atoms with E-state index in [1.165, 1.54) is 16.7 Å². The number of halogens is 1. The fourth-order valence-electron chi connectivity index (χ4n) is 5.19. The van der Waals surface area contributed by atoms with E-state index in [0.29, 0.717) is 17.1 Å². The maximum absolute atomic E-state index is 13.6. The maximum Gasteiger partial charge on any atom is 0.254 e. The monoisotopic (exact) mass is 431 g/mol. The Kier molecular flexibility index (Phi) is 5.51. The molecule has 3 heterocycles. The van der Waals surface area contributed by atoms with Crippen molar-refractivity contribution in [3.8, 4) is 0 Å². The normalized spacial score (nSPS) is 21.1. The zero-order chi connectivity index (χ0) is 21.3. The SMILES string of the molecule is O=C(c1cccc(Cl)c1)N1Cc2ccccc2CC2(CCCN2Cc2ccncc2)C1. The third-order valence-corrected chi connectivity index (χ3v) is 6.94. The number of pyridine rings is 1. The first-order valence-electron chi connectivity index (χ1n) is 10.9. The lowest BCUT2D eigenvalue weighted by molar-refractivity contribution is 0.0529. The van der Waals surface area contributed by atoms with Gasteiger partial charge in [0.15, 0.2) is 0 Å². The zero-order valence-electron chi connectivity index (χ0n) is 17.5. The molecule has 1 unspecified atom stereocenters. The van der Waals surface area contributed by atoms with Gasteiger partial charge in [0.1, 0.15) is 0 Å². The molecule has 4 nitrogen and oxygen atoms in total. The second kappa shape index (κ2) is 8.45. The van der Waals surface area contributed by atoms with Crippen LogP contribution < -0.4 is 0 Å². The standard InChI is InChI=1S/C26H26ClN3O/c27-24-8-3-7-21(15-24)25(31)29-18-23-6-2-1-5-22(23)16-26(19-29)11-4-14-30(26)17-20-9-12-28-13-10-20/h1-3,5-10,12-13,15H,4,11,14,16-19H2. The Morgan fingerprint density at radius 1 is 1.03 bits per heavy atom. The van der Waals surface area contributed by atoms with Gasteiger partial charge in [0.2, 0.25) is 0 Å². The van der Waals surface area contributed by atoms with Crippen molar-refractivity contribution in [2.45, 2.75) is 37.9 Å². The Morgan fingerprint density at radius 2 is 1.84 bits per heavy atom. The molecule has 3 aromatic rings. The number of carbonyl (C=O) groups is 1. The number of rotatable bonds is 3. The van der Waals surface area contributed by atoms with E-state index in [1.807, 2.05) is 35.5 Å². The van der Waals surface area contributed by atoms with Gasteiger partial charge in [-0.05, 0) is 72.8 Å². The van der Waals surface area contributed by atoms with Gasteiger partial charge in [-0.2, -0.15) is 0 Å². The van der Waals surface area contributed by atoms with Crippen molar-refractivity contribution >= 4 is 17.5 Å². The van der Waals surface area contributed by atoms with Crippen LogP contribution in [0.1, 0.15) is 39.9 Å². The molecule has 0 bridgehead atoms. The van der Waals surface area contributed by atoms with Gasteiger partial charge in [-0.15, -0.1) is 0 Å². The molecule has 158 valence electrons. The first kappa shape index (κ1) is 20.2. The topological polar surface area (TPSA) is 36.4 Å². The highest BCUT2D eigenvalue weighted by Crippen LogP contribution is 2.38. The average Bonchev–Trinajstić information content (AvgIpc) is 3.06. The summed E-state index contributed by atoms with van der Waals surface area (Å²) in [5.74, 6) is 0.0503. The molecule has 2 aliphatic heterocycles. The van der Waals surface area contributed by atoms with Crippen molar-refractivity contribution in [1.82, 2.24) is 14.8 Å². The summed E-state index contributed by atoms with van der Waals surface area (Å²) >= 11 is 6.19. The van der Waals surface area contributed by atoms with E-state index in [9.17, 15) is 4.79 Å². The van der Waals surface area contributed by atoms with Crippen LogP contribution in [0.5, 0.6) is 0 Å². The van der Waals surface area contributed by atoms with Crippen molar-refractivity contribution < 1.29 is 4.79 Å². The van der Waals surface area contributed by atoms with E-state index < -0.39 is 0 Å². The van der Waals surface area contributed by atoms with E-state index >= 15 is 0 Å². The van der Waals surface area contributed by atoms with E-state index in [4.69, 9.17) is 11.6 Å². The van der Waals surface area contributed by atoms with Gasteiger partial charge >= 0.3 is 0 Å². The van der Waals surface area contributed by atoms with Crippen LogP contribution in [0.25, 0.3) is 0 Å². The molecule has 31 heavy (non-hydrogen) atoms. The highest BCUT2D eigenvalue weighted by atomic mass is 35.5. The molecule has 1 spiro atoms. The summed E-state index contributed by atoms with van der Waals surface area (Å²) in [6.45, 7) is 3.28. The van der Waals surface area contributed by atoms with Crippen LogP contribution >= 0.6 is 11.6 Å². The van der Waals surface area contributed by atoms with Crippen LogP contribution in [0.3, 0.4) is 0 Å². The van der Waals surface area contributed by atoms with E-state index in [0.717, 1.165) is 38.9 Å². The molecule has 5 rings (SSSR count). The summed E-state index contributed by atoms with van der Waals surface area (Å²) < 4.78 is 0. The van der Waals surface area contributed by atoms with Crippen LogP contribution in [0.15, 0.2) is 73.1 Å². The number of benzene rings is 2. The summed E-state index contributed by atoms with van der Waals surface area (Å²) in [5, 5.41) is 0.593. The first-order chi connectivity index (χ1) is 15.1. The van der Waals surface area contributed by atoms with Crippen molar-refractivity contribution in [2.24, 2.45) is 0 Å². The third-order valence-electron chi connectivity index (χ3n) is 6.71. The highest BCUT2D eigenvalue weighted by Gasteiger charge is 2.45. The Labute approximate surface area is 188 Å². The summed E-state index contributed by atoms with van der Waals surface area (Å²) in [5.41, 5.74) is 4.45. The number of likely N-dealkylation sites (tertiary alicyclic amines) is 1. The van der Waals surface area contributed by atoms with Gasteiger partial charge in [0.25, 0.3) is 5.91 Å². The summed E-state index contributed by atoms with van der Waals surface area (Å²) in [6.07, 6.45) is 6.91. The molecule has 0 radical (unpaired) electrons. The summed E-state index contributed by atoms with van der Waals surface area (Å²) in [4.78, 5) is 22.3. The summed E-state index contributed by atoms with van der Waals surface area (Å²) in [6, 6.07) is 20.1. The quantitative estimate of drug-likeness (QED) is 0.587. The zero-order valence-corrected chi connectivity index (χ0v) is 18.3. The van der Waals surface area contributed by atoms with Crippen LogP contribution in [0, 0.1) is 0 Å². The predicted molar refractivity (Wildman–Crippen MR) is 123 cm³/mol.